The Morgan fingerprint density at radius 2 is 1.62 bits per heavy atom. The van der Waals surface area contributed by atoms with Crippen LogP contribution in [0.25, 0.3) is 0 Å². The van der Waals surface area contributed by atoms with E-state index in [0.717, 1.165) is 13.0 Å². The number of sulfonamides is 1. The maximum absolute atomic E-state index is 12.6. The van der Waals surface area contributed by atoms with Crippen LogP contribution in [-0.2, 0) is 21.2 Å². The number of carbonyl (C=O) groups is 1. The first kappa shape index (κ1) is 24.0. The van der Waals surface area contributed by atoms with Gasteiger partial charge in [-0.1, -0.05) is 30.3 Å². The largest absolute Gasteiger partial charge is 0.497 e. The van der Waals surface area contributed by atoms with Crippen molar-refractivity contribution >= 4 is 15.9 Å². The van der Waals surface area contributed by atoms with E-state index in [1.54, 1.807) is 31.4 Å². The zero-order valence-electron chi connectivity index (χ0n) is 18.4. The number of benzene rings is 2. The van der Waals surface area contributed by atoms with Crippen LogP contribution < -0.4 is 14.8 Å². The zero-order chi connectivity index (χ0) is 22.8. The third-order valence-corrected chi connectivity index (χ3v) is 7.27. The van der Waals surface area contributed by atoms with Crippen molar-refractivity contribution < 1.29 is 22.7 Å². The van der Waals surface area contributed by atoms with Crippen molar-refractivity contribution in [2.45, 2.75) is 6.42 Å². The first-order valence-corrected chi connectivity index (χ1v) is 12.3. The number of hydrogen-bond donors (Lipinski definition) is 1. The molecule has 1 aliphatic heterocycles. The predicted molar refractivity (Wildman–Crippen MR) is 123 cm³/mol. The van der Waals surface area contributed by atoms with Crippen LogP contribution >= 0.6 is 0 Å². The number of ether oxygens (including phenoxy) is 2. The summed E-state index contributed by atoms with van der Waals surface area (Å²) < 4.78 is 37.2. The van der Waals surface area contributed by atoms with Crippen LogP contribution in [-0.4, -0.2) is 82.3 Å². The van der Waals surface area contributed by atoms with Crippen molar-refractivity contribution in [2.24, 2.45) is 0 Å². The molecule has 0 spiro atoms. The Morgan fingerprint density at radius 3 is 2.28 bits per heavy atom. The third kappa shape index (κ3) is 7.51. The van der Waals surface area contributed by atoms with Crippen LogP contribution in [0, 0.1) is 0 Å². The smallest absolute Gasteiger partial charge is 0.257 e. The number of methoxy groups -OCH3 is 1. The van der Waals surface area contributed by atoms with Gasteiger partial charge in [-0.25, -0.2) is 8.42 Å². The molecule has 32 heavy (non-hydrogen) atoms. The molecule has 174 valence electrons. The molecule has 1 fully saturated rings. The summed E-state index contributed by atoms with van der Waals surface area (Å²) in [5, 5.41) is 2.61. The molecular weight excluding hydrogens is 430 g/mol. The van der Waals surface area contributed by atoms with E-state index in [1.807, 2.05) is 18.2 Å². The minimum atomic E-state index is -3.41. The second kappa shape index (κ2) is 11.8. The quantitative estimate of drug-likeness (QED) is 0.544. The number of piperazine rings is 1. The summed E-state index contributed by atoms with van der Waals surface area (Å²) in [6, 6.07) is 17.2. The number of rotatable bonds is 11. The maximum atomic E-state index is 12.6. The Morgan fingerprint density at radius 1 is 0.969 bits per heavy atom. The highest BCUT2D eigenvalue weighted by atomic mass is 32.2. The van der Waals surface area contributed by atoms with Crippen molar-refractivity contribution in [1.82, 2.24) is 14.5 Å². The van der Waals surface area contributed by atoms with Crippen LogP contribution in [0.3, 0.4) is 0 Å². The van der Waals surface area contributed by atoms with Gasteiger partial charge in [-0.05, 0) is 36.2 Å². The van der Waals surface area contributed by atoms with Crippen LogP contribution in [0.2, 0.25) is 0 Å². The molecular formula is C23H31N3O5S. The topological polar surface area (TPSA) is 88.2 Å². The fourth-order valence-electron chi connectivity index (χ4n) is 3.48. The van der Waals surface area contributed by atoms with Gasteiger partial charge in [-0.2, -0.15) is 4.31 Å². The lowest BCUT2D eigenvalue weighted by Crippen LogP contribution is -2.50. The second-order valence-corrected chi connectivity index (χ2v) is 9.69. The standard InChI is InChI=1S/C23H31N3O5S/c1-30-21-7-9-22(10-8-21)31-19-23(27)24-12-18-32(28,29)26-16-14-25(15-17-26)13-11-20-5-3-2-4-6-20/h2-10H,11-19H2,1H3,(H,24,27). The molecule has 0 bridgehead atoms. The van der Waals surface area contributed by atoms with E-state index in [0.29, 0.717) is 37.7 Å². The highest BCUT2D eigenvalue weighted by Crippen LogP contribution is 2.16. The fraction of sp³-hybridized carbons (Fsp3) is 0.435. The van der Waals surface area contributed by atoms with Gasteiger partial charge in [-0.3, -0.25) is 4.79 Å². The summed E-state index contributed by atoms with van der Waals surface area (Å²) >= 11 is 0. The van der Waals surface area contributed by atoms with Crippen molar-refractivity contribution in [3.05, 3.63) is 60.2 Å². The van der Waals surface area contributed by atoms with E-state index < -0.39 is 10.0 Å². The van der Waals surface area contributed by atoms with Gasteiger partial charge in [-0.15, -0.1) is 0 Å². The lowest BCUT2D eigenvalue weighted by Gasteiger charge is -2.34. The van der Waals surface area contributed by atoms with Crippen LogP contribution in [0.4, 0.5) is 0 Å². The zero-order valence-corrected chi connectivity index (χ0v) is 19.2. The second-order valence-electron chi connectivity index (χ2n) is 7.61. The molecule has 1 amide bonds. The normalized spacial score (nSPS) is 15.3. The van der Waals surface area contributed by atoms with E-state index in [-0.39, 0.29) is 24.8 Å². The number of amides is 1. The van der Waals surface area contributed by atoms with E-state index in [9.17, 15) is 13.2 Å². The monoisotopic (exact) mass is 461 g/mol. The highest BCUT2D eigenvalue weighted by Gasteiger charge is 2.26. The fourth-order valence-corrected chi connectivity index (χ4v) is 4.82. The molecule has 1 saturated heterocycles. The van der Waals surface area contributed by atoms with E-state index in [2.05, 4.69) is 22.3 Å². The minimum Gasteiger partial charge on any atom is -0.497 e. The molecule has 0 saturated carbocycles. The van der Waals surface area contributed by atoms with Gasteiger partial charge >= 0.3 is 0 Å². The SMILES string of the molecule is COc1ccc(OCC(=O)NCCS(=O)(=O)N2CCN(CCc3ccccc3)CC2)cc1. The van der Waals surface area contributed by atoms with Crippen LogP contribution in [0.1, 0.15) is 5.56 Å². The van der Waals surface area contributed by atoms with Crippen LogP contribution in [0.15, 0.2) is 54.6 Å². The molecule has 2 aromatic carbocycles. The molecule has 0 unspecified atom stereocenters. The molecule has 0 radical (unpaired) electrons. The molecule has 8 nitrogen and oxygen atoms in total. The summed E-state index contributed by atoms with van der Waals surface area (Å²) in [7, 11) is -1.83. The van der Waals surface area contributed by atoms with Crippen molar-refractivity contribution in [2.75, 3.05) is 58.7 Å². The lowest BCUT2D eigenvalue weighted by atomic mass is 10.1. The number of nitrogens with zero attached hydrogens (tertiary/aromatic N) is 2. The Balaban J connectivity index is 1.32. The Labute approximate surface area is 190 Å². The van der Waals surface area contributed by atoms with Gasteiger partial charge in [0.1, 0.15) is 11.5 Å². The summed E-state index contributed by atoms with van der Waals surface area (Å²) in [5.74, 6) is 0.759. The van der Waals surface area contributed by atoms with Gasteiger partial charge in [0.25, 0.3) is 5.91 Å². The third-order valence-electron chi connectivity index (χ3n) is 5.40. The molecule has 2 aromatic rings. The molecule has 1 aliphatic rings. The average molecular weight is 462 g/mol. The Hall–Kier alpha value is -2.62. The molecule has 0 aliphatic carbocycles. The van der Waals surface area contributed by atoms with Gasteiger partial charge in [0.05, 0.1) is 12.9 Å². The lowest BCUT2D eigenvalue weighted by molar-refractivity contribution is -0.122. The van der Waals surface area contributed by atoms with E-state index >= 15 is 0 Å². The average Bonchev–Trinajstić information content (AvgIpc) is 2.82. The first-order valence-electron chi connectivity index (χ1n) is 10.7. The number of nitrogens with one attached hydrogen (secondary N) is 1. The van der Waals surface area contributed by atoms with E-state index in [1.165, 1.54) is 9.87 Å². The van der Waals surface area contributed by atoms with Crippen molar-refractivity contribution in [3.8, 4) is 11.5 Å². The number of carbonyl (C=O) groups excluding carboxylic acids is 1. The summed E-state index contributed by atoms with van der Waals surface area (Å²) in [6.45, 7) is 3.19. The molecule has 3 rings (SSSR count). The van der Waals surface area contributed by atoms with Gasteiger partial charge in [0, 0.05) is 39.3 Å². The molecule has 0 aromatic heterocycles. The van der Waals surface area contributed by atoms with Crippen molar-refractivity contribution in [3.63, 3.8) is 0 Å². The van der Waals surface area contributed by atoms with Crippen LogP contribution in [0.5, 0.6) is 11.5 Å². The van der Waals surface area contributed by atoms with Gasteiger partial charge < -0.3 is 19.7 Å². The Kier molecular flexibility index (Phi) is 8.90. The summed E-state index contributed by atoms with van der Waals surface area (Å²) in [4.78, 5) is 14.2. The molecule has 1 heterocycles. The van der Waals surface area contributed by atoms with E-state index in [4.69, 9.17) is 9.47 Å². The summed E-state index contributed by atoms with van der Waals surface area (Å²) in [5.41, 5.74) is 1.29. The highest BCUT2D eigenvalue weighted by molar-refractivity contribution is 7.89. The predicted octanol–water partition coefficient (Wildman–Crippen LogP) is 1.38. The molecule has 0 atom stereocenters. The first-order chi connectivity index (χ1) is 15.5. The minimum absolute atomic E-state index is 0.0569. The van der Waals surface area contributed by atoms with Gasteiger partial charge in [0.2, 0.25) is 10.0 Å². The molecule has 9 heteroatoms. The van der Waals surface area contributed by atoms with Crippen molar-refractivity contribution in [1.29, 1.82) is 0 Å². The summed E-state index contributed by atoms with van der Waals surface area (Å²) in [6.07, 6.45) is 0.957. The Bertz CT molecular complexity index is 943. The molecule has 1 N–H and O–H groups in total. The van der Waals surface area contributed by atoms with Gasteiger partial charge in [0.15, 0.2) is 6.61 Å². The number of hydrogen-bond acceptors (Lipinski definition) is 6. The maximum Gasteiger partial charge on any atom is 0.257 e.